The zero-order valence-corrected chi connectivity index (χ0v) is 13.4. The first kappa shape index (κ1) is 16.3. The molecule has 2 rings (SSSR count). The molecule has 0 saturated carbocycles. The smallest absolute Gasteiger partial charge is 0.311 e. The lowest BCUT2D eigenvalue weighted by Gasteiger charge is -2.14. The average Bonchev–Trinajstić information content (AvgIpc) is 2.90. The van der Waals surface area contributed by atoms with Crippen molar-refractivity contribution in [2.24, 2.45) is 0 Å². The van der Waals surface area contributed by atoms with Crippen LogP contribution < -0.4 is 4.74 Å². The summed E-state index contributed by atoms with van der Waals surface area (Å²) in [5.41, 5.74) is 2.17. The Hall–Kier alpha value is -2.07. The molecule has 1 aromatic heterocycles. The van der Waals surface area contributed by atoms with Gasteiger partial charge >= 0.3 is 5.97 Å². The number of hydrogen-bond acceptors (Lipinski definition) is 3. The molecule has 0 aliphatic heterocycles. The number of benzene rings is 1. The fourth-order valence-electron chi connectivity index (χ4n) is 2.50. The number of fused-ring (bicyclic) bond motifs is 1. The monoisotopic (exact) mass is 300 g/mol. The molecule has 0 saturated heterocycles. The summed E-state index contributed by atoms with van der Waals surface area (Å²) in [5, 5.41) is 1.01. The summed E-state index contributed by atoms with van der Waals surface area (Å²) in [5.74, 6) is 0.476. The van der Waals surface area contributed by atoms with Crippen LogP contribution in [0.5, 0.6) is 5.75 Å². The van der Waals surface area contributed by atoms with Crippen molar-refractivity contribution >= 4 is 16.9 Å². The second-order valence-electron chi connectivity index (χ2n) is 5.52. The fourth-order valence-corrected chi connectivity index (χ4v) is 2.50. The van der Waals surface area contributed by atoms with Crippen molar-refractivity contribution in [1.82, 2.24) is 9.88 Å². The number of aromatic amines is 1. The third kappa shape index (κ3) is 3.98. The van der Waals surface area contributed by atoms with E-state index in [2.05, 4.69) is 23.5 Å². The molecule has 22 heavy (non-hydrogen) atoms. The van der Waals surface area contributed by atoms with Crippen LogP contribution in [-0.2, 0) is 11.2 Å². The largest absolute Gasteiger partial charge is 0.426 e. The number of ether oxygens (including phenoxy) is 1. The van der Waals surface area contributed by atoms with Gasteiger partial charge in [-0.1, -0.05) is 19.1 Å². The van der Waals surface area contributed by atoms with Crippen LogP contribution in [0.2, 0.25) is 0 Å². The molecule has 2 aromatic rings. The van der Waals surface area contributed by atoms with Crippen molar-refractivity contribution in [3.8, 4) is 5.75 Å². The quantitative estimate of drug-likeness (QED) is 0.461. The number of carbonyl (C=O) groups excluding carboxylic acids is 1. The van der Waals surface area contributed by atoms with Gasteiger partial charge in [-0.05, 0) is 37.6 Å². The lowest BCUT2D eigenvalue weighted by Crippen LogP contribution is -2.20. The molecule has 1 N–H and O–H groups in total. The Labute approximate surface area is 131 Å². The van der Waals surface area contributed by atoms with Crippen LogP contribution in [0.1, 0.15) is 25.3 Å². The predicted molar refractivity (Wildman–Crippen MR) is 90.2 cm³/mol. The first-order chi connectivity index (χ1) is 10.7. The molecule has 118 valence electrons. The van der Waals surface area contributed by atoms with E-state index < -0.39 is 0 Å². The molecule has 4 heteroatoms. The average molecular weight is 300 g/mol. The Morgan fingerprint density at radius 1 is 1.45 bits per heavy atom. The minimum absolute atomic E-state index is 0.175. The Kier molecular flexibility index (Phi) is 5.78. The van der Waals surface area contributed by atoms with Crippen LogP contribution >= 0.6 is 0 Å². The van der Waals surface area contributed by atoms with Gasteiger partial charge in [0, 0.05) is 36.6 Å². The van der Waals surface area contributed by atoms with Crippen molar-refractivity contribution in [2.45, 2.75) is 26.2 Å². The van der Waals surface area contributed by atoms with E-state index in [1.807, 2.05) is 37.4 Å². The van der Waals surface area contributed by atoms with Gasteiger partial charge in [-0.3, -0.25) is 4.79 Å². The molecule has 1 aromatic carbocycles. The summed E-state index contributed by atoms with van der Waals surface area (Å²) in [6.45, 7) is 7.51. The Bertz CT molecular complexity index is 646. The number of aromatic nitrogens is 1. The highest BCUT2D eigenvalue weighted by Crippen LogP contribution is 2.29. The molecular weight excluding hydrogens is 276 g/mol. The van der Waals surface area contributed by atoms with Crippen LogP contribution in [0.25, 0.3) is 10.9 Å². The highest BCUT2D eigenvalue weighted by molar-refractivity contribution is 5.91. The van der Waals surface area contributed by atoms with E-state index in [4.69, 9.17) is 4.74 Å². The van der Waals surface area contributed by atoms with Crippen LogP contribution in [0.15, 0.2) is 37.1 Å². The second-order valence-corrected chi connectivity index (χ2v) is 5.52. The molecular formula is C18H24N2O2. The first-order valence-corrected chi connectivity index (χ1v) is 7.74. The molecule has 0 atom stereocenters. The number of likely N-dealkylation sites (N-methyl/N-ethyl adjacent to an activating group) is 1. The van der Waals surface area contributed by atoms with Gasteiger partial charge in [0.15, 0.2) is 0 Å². The summed E-state index contributed by atoms with van der Waals surface area (Å²) >= 11 is 0. The van der Waals surface area contributed by atoms with Gasteiger partial charge in [0.05, 0.1) is 0 Å². The lowest BCUT2D eigenvalue weighted by atomic mass is 10.1. The van der Waals surface area contributed by atoms with E-state index >= 15 is 0 Å². The van der Waals surface area contributed by atoms with Crippen LogP contribution in [0.3, 0.4) is 0 Å². The lowest BCUT2D eigenvalue weighted by molar-refractivity contribution is -0.134. The Morgan fingerprint density at radius 2 is 2.27 bits per heavy atom. The van der Waals surface area contributed by atoms with Crippen molar-refractivity contribution in [2.75, 3.05) is 20.1 Å². The van der Waals surface area contributed by atoms with Gasteiger partial charge in [0.1, 0.15) is 5.75 Å². The molecule has 0 bridgehead atoms. The predicted octanol–water partition coefficient (Wildman–Crippen LogP) is 3.53. The zero-order valence-electron chi connectivity index (χ0n) is 13.4. The van der Waals surface area contributed by atoms with Crippen LogP contribution in [0.4, 0.5) is 0 Å². The molecule has 0 fully saturated rings. The standard InChI is InChI=1S/C18H24N2O2/c1-4-7-17(21)22-16-9-6-8-15-18(16)14(13-19-15)10-12-20(3)11-5-2/h5-6,8-9,13,19H,2,4,7,10-12H2,1,3H3. The Balaban J connectivity index is 2.20. The molecule has 0 aliphatic carbocycles. The number of rotatable bonds is 8. The van der Waals surface area contributed by atoms with E-state index in [9.17, 15) is 4.79 Å². The number of esters is 1. The molecule has 0 radical (unpaired) electrons. The summed E-state index contributed by atoms with van der Waals surface area (Å²) < 4.78 is 5.53. The van der Waals surface area contributed by atoms with Gasteiger partial charge in [-0.25, -0.2) is 0 Å². The summed E-state index contributed by atoms with van der Waals surface area (Å²) in [6, 6.07) is 5.77. The molecule has 0 amide bonds. The highest BCUT2D eigenvalue weighted by atomic mass is 16.5. The van der Waals surface area contributed by atoms with E-state index in [0.29, 0.717) is 12.2 Å². The minimum Gasteiger partial charge on any atom is -0.426 e. The zero-order chi connectivity index (χ0) is 15.9. The van der Waals surface area contributed by atoms with Gasteiger partial charge in [-0.15, -0.1) is 6.58 Å². The van der Waals surface area contributed by atoms with E-state index in [0.717, 1.165) is 36.8 Å². The first-order valence-electron chi connectivity index (χ1n) is 7.74. The molecule has 0 spiro atoms. The normalized spacial score (nSPS) is 11.0. The van der Waals surface area contributed by atoms with E-state index in [1.165, 1.54) is 5.56 Å². The fraction of sp³-hybridized carbons (Fsp3) is 0.389. The molecule has 4 nitrogen and oxygen atoms in total. The number of carbonyl (C=O) groups is 1. The number of nitrogens with zero attached hydrogens (tertiary/aromatic N) is 1. The van der Waals surface area contributed by atoms with E-state index in [1.54, 1.807) is 0 Å². The van der Waals surface area contributed by atoms with Gasteiger partial charge in [0.2, 0.25) is 0 Å². The molecule has 1 heterocycles. The summed E-state index contributed by atoms with van der Waals surface area (Å²) in [7, 11) is 2.07. The molecule has 0 unspecified atom stereocenters. The Morgan fingerprint density at radius 3 is 3.00 bits per heavy atom. The number of nitrogens with one attached hydrogen (secondary N) is 1. The van der Waals surface area contributed by atoms with Crippen molar-refractivity contribution in [3.63, 3.8) is 0 Å². The van der Waals surface area contributed by atoms with E-state index in [-0.39, 0.29) is 5.97 Å². The maximum Gasteiger partial charge on any atom is 0.311 e. The van der Waals surface area contributed by atoms with Gasteiger partial charge in [-0.2, -0.15) is 0 Å². The third-order valence-electron chi connectivity index (χ3n) is 3.63. The topological polar surface area (TPSA) is 45.3 Å². The maximum absolute atomic E-state index is 11.8. The number of hydrogen-bond donors (Lipinski definition) is 1. The maximum atomic E-state index is 11.8. The van der Waals surface area contributed by atoms with Crippen molar-refractivity contribution < 1.29 is 9.53 Å². The van der Waals surface area contributed by atoms with Crippen LogP contribution in [-0.4, -0.2) is 36.0 Å². The third-order valence-corrected chi connectivity index (χ3v) is 3.63. The van der Waals surface area contributed by atoms with Gasteiger partial charge < -0.3 is 14.6 Å². The SMILES string of the molecule is C=CCN(C)CCc1c[nH]c2cccc(OC(=O)CCC)c12. The summed E-state index contributed by atoms with van der Waals surface area (Å²) in [6.07, 6.45) is 6.03. The summed E-state index contributed by atoms with van der Waals surface area (Å²) in [4.78, 5) is 17.3. The minimum atomic E-state index is -0.175. The molecule has 0 aliphatic rings. The number of H-pyrrole nitrogens is 1. The van der Waals surface area contributed by atoms with Crippen molar-refractivity contribution in [1.29, 1.82) is 0 Å². The highest BCUT2D eigenvalue weighted by Gasteiger charge is 2.12. The van der Waals surface area contributed by atoms with Gasteiger partial charge in [0.25, 0.3) is 0 Å². The van der Waals surface area contributed by atoms with Crippen LogP contribution in [0, 0.1) is 0 Å². The second kappa shape index (κ2) is 7.80. The van der Waals surface area contributed by atoms with Crippen molar-refractivity contribution in [3.05, 3.63) is 42.6 Å².